The number of nitrogens with one attached hydrogen (secondary N) is 1. The third kappa shape index (κ3) is 3.23. The molecule has 1 aromatic rings. The van der Waals surface area contributed by atoms with E-state index in [0.717, 1.165) is 4.90 Å². The Labute approximate surface area is 115 Å². The van der Waals surface area contributed by atoms with Gasteiger partial charge in [-0.2, -0.15) is 5.10 Å². The van der Waals surface area contributed by atoms with Gasteiger partial charge >= 0.3 is 12.0 Å². The molecule has 0 aliphatic carbocycles. The molecule has 1 fully saturated rings. The molecule has 3 N–H and O–H groups in total. The fourth-order valence-electron chi connectivity index (χ4n) is 2.15. The van der Waals surface area contributed by atoms with Crippen molar-refractivity contribution in [2.24, 2.45) is 7.05 Å². The number of hydrogen-bond acceptors (Lipinski definition) is 5. The number of aliphatic carboxylic acids is 1. The first-order chi connectivity index (χ1) is 9.47. The molecule has 2 rings (SSSR count). The summed E-state index contributed by atoms with van der Waals surface area (Å²) in [5.74, 6) is -0.507. The number of carboxylic acid groups (broad SMARTS) is 1. The Balaban J connectivity index is 1.83. The van der Waals surface area contributed by atoms with Gasteiger partial charge in [-0.15, -0.1) is 0 Å². The van der Waals surface area contributed by atoms with Gasteiger partial charge in [0.2, 0.25) is 0 Å². The number of β-amino-alcohol motifs (C(OH)–C–C–N with tert-alkyl or cyclic N) is 1. The summed E-state index contributed by atoms with van der Waals surface area (Å²) in [6.45, 7) is 0.340. The van der Waals surface area contributed by atoms with E-state index in [0.29, 0.717) is 18.8 Å². The normalized spacial score (nSPS) is 22.0. The van der Waals surface area contributed by atoms with Gasteiger partial charge < -0.3 is 20.4 Å². The van der Waals surface area contributed by atoms with E-state index in [4.69, 9.17) is 5.11 Å². The summed E-state index contributed by atoms with van der Waals surface area (Å²) in [5.41, 5.74) is 0. The highest BCUT2D eigenvalue weighted by molar-refractivity contribution is 5.83. The van der Waals surface area contributed by atoms with Crippen LogP contribution in [0.25, 0.3) is 0 Å². The minimum Gasteiger partial charge on any atom is -0.480 e. The van der Waals surface area contributed by atoms with Crippen molar-refractivity contribution in [3.8, 4) is 0 Å². The molecular weight excluding hydrogens is 266 g/mol. The molecule has 2 atom stereocenters. The molecular formula is C11H17N5O4. The molecule has 2 heterocycles. The molecule has 110 valence electrons. The number of nitrogens with zero attached hydrogens (tertiary/aromatic N) is 4. The largest absolute Gasteiger partial charge is 0.480 e. The molecule has 0 spiro atoms. The third-order valence-corrected chi connectivity index (χ3v) is 3.10. The number of carboxylic acids is 1. The Hall–Kier alpha value is -2.16. The first-order valence-corrected chi connectivity index (χ1v) is 6.27. The van der Waals surface area contributed by atoms with Gasteiger partial charge in [0.05, 0.1) is 6.10 Å². The van der Waals surface area contributed by atoms with Crippen LogP contribution in [-0.2, 0) is 18.3 Å². The average molecular weight is 283 g/mol. The molecule has 9 heteroatoms. The second-order valence-corrected chi connectivity index (χ2v) is 4.71. The van der Waals surface area contributed by atoms with Crippen LogP contribution in [0.15, 0.2) is 6.33 Å². The summed E-state index contributed by atoms with van der Waals surface area (Å²) in [7, 11) is 1.75. The lowest BCUT2D eigenvalue weighted by atomic mass is 10.2. The zero-order valence-electron chi connectivity index (χ0n) is 11.1. The monoisotopic (exact) mass is 283 g/mol. The Morgan fingerprint density at radius 2 is 2.30 bits per heavy atom. The van der Waals surface area contributed by atoms with Gasteiger partial charge in [-0.05, 0) is 0 Å². The first kappa shape index (κ1) is 14.3. The fourth-order valence-corrected chi connectivity index (χ4v) is 2.15. The van der Waals surface area contributed by atoms with Crippen molar-refractivity contribution >= 4 is 12.0 Å². The highest BCUT2D eigenvalue weighted by Crippen LogP contribution is 2.17. The van der Waals surface area contributed by atoms with Crippen molar-refractivity contribution in [1.82, 2.24) is 25.0 Å². The number of likely N-dealkylation sites (tertiary alicyclic amines) is 1. The Kier molecular flexibility index (Phi) is 4.18. The molecule has 0 bridgehead atoms. The van der Waals surface area contributed by atoms with E-state index < -0.39 is 24.1 Å². The highest BCUT2D eigenvalue weighted by atomic mass is 16.4. The topological polar surface area (TPSA) is 121 Å². The van der Waals surface area contributed by atoms with Crippen molar-refractivity contribution in [2.45, 2.75) is 25.0 Å². The molecule has 0 saturated carbocycles. The van der Waals surface area contributed by atoms with E-state index in [9.17, 15) is 14.7 Å². The summed E-state index contributed by atoms with van der Waals surface area (Å²) in [6, 6.07) is -1.47. The molecule has 1 saturated heterocycles. The number of carbonyl (C=O) groups is 2. The first-order valence-electron chi connectivity index (χ1n) is 6.27. The molecule has 1 aromatic heterocycles. The predicted molar refractivity (Wildman–Crippen MR) is 66.9 cm³/mol. The minimum absolute atomic E-state index is 0.0324. The lowest BCUT2D eigenvalue weighted by Gasteiger charge is -2.21. The quantitative estimate of drug-likeness (QED) is 0.624. The molecule has 2 amide bonds. The third-order valence-electron chi connectivity index (χ3n) is 3.10. The highest BCUT2D eigenvalue weighted by Gasteiger charge is 2.38. The molecule has 0 aromatic carbocycles. The summed E-state index contributed by atoms with van der Waals surface area (Å²) >= 11 is 0. The van der Waals surface area contributed by atoms with Crippen LogP contribution in [0.5, 0.6) is 0 Å². The van der Waals surface area contributed by atoms with Gasteiger partial charge in [0.15, 0.2) is 5.82 Å². The summed E-state index contributed by atoms with van der Waals surface area (Å²) in [4.78, 5) is 28.1. The SMILES string of the molecule is Cn1cnc(CCNC(=O)N2C[C@H](O)C[C@@H]2C(=O)O)n1. The van der Waals surface area contributed by atoms with Gasteiger partial charge in [-0.25, -0.2) is 14.6 Å². The number of urea groups is 1. The number of rotatable bonds is 4. The van der Waals surface area contributed by atoms with E-state index in [2.05, 4.69) is 15.4 Å². The lowest BCUT2D eigenvalue weighted by molar-refractivity contribution is -0.141. The molecule has 0 radical (unpaired) electrons. The van der Waals surface area contributed by atoms with Gasteiger partial charge in [0, 0.05) is 33.0 Å². The van der Waals surface area contributed by atoms with Gasteiger partial charge in [-0.1, -0.05) is 0 Å². The van der Waals surface area contributed by atoms with Gasteiger partial charge in [-0.3, -0.25) is 4.68 Å². The molecule has 1 aliphatic heterocycles. The number of aliphatic hydroxyl groups excluding tert-OH is 1. The van der Waals surface area contributed by atoms with Crippen molar-refractivity contribution in [3.05, 3.63) is 12.2 Å². The molecule has 1 aliphatic rings. The Morgan fingerprint density at radius 1 is 1.55 bits per heavy atom. The van der Waals surface area contributed by atoms with Crippen LogP contribution in [0.4, 0.5) is 4.79 Å². The smallest absolute Gasteiger partial charge is 0.326 e. The van der Waals surface area contributed by atoms with Crippen LogP contribution in [0.3, 0.4) is 0 Å². The maximum Gasteiger partial charge on any atom is 0.326 e. The van der Waals surface area contributed by atoms with E-state index in [1.807, 2.05) is 0 Å². The van der Waals surface area contributed by atoms with Crippen molar-refractivity contribution in [3.63, 3.8) is 0 Å². The molecule has 0 unspecified atom stereocenters. The van der Waals surface area contributed by atoms with E-state index >= 15 is 0 Å². The van der Waals surface area contributed by atoms with Crippen LogP contribution in [0.2, 0.25) is 0 Å². The Morgan fingerprint density at radius 3 is 2.90 bits per heavy atom. The maximum absolute atomic E-state index is 11.9. The zero-order chi connectivity index (χ0) is 14.7. The predicted octanol–water partition coefficient (Wildman–Crippen LogP) is -1.41. The van der Waals surface area contributed by atoms with Crippen LogP contribution >= 0.6 is 0 Å². The zero-order valence-corrected chi connectivity index (χ0v) is 11.1. The van der Waals surface area contributed by atoms with Crippen molar-refractivity contribution in [1.29, 1.82) is 0 Å². The fraction of sp³-hybridized carbons (Fsp3) is 0.636. The van der Waals surface area contributed by atoms with E-state index in [-0.39, 0.29) is 13.0 Å². The van der Waals surface area contributed by atoms with E-state index in [1.54, 1.807) is 18.1 Å². The minimum atomic E-state index is -1.11. The van der Waals surface area contributed by atoms with Crippen LogP contribution in [-0.4, -0.2) is 67.1 Å². The number of carbonyl (C=O) groups excluding carboxylic acids is 1. The Bertz CT molecular complexity index is 503. The van der Waals surface area contributed by atoms with Crippen LogP contribution < -0.4 is 5.32 Å². The molecule has 9 nitrogen and oxygen atoms in total. The van der Waals surface area contributed by atoms with Gasteiger partial charge in [0.25, 0.3) is 0 Å². The van der Waals surface area contributed by atoms with Crippen LogP contribution in [0, 0.1) is 0 Å². The van der Waals surface area contributed by atoms with Crippen molar-refractivity contribution in [2.75, 3.05) is 13.1 Å². The lowest BCUT2D eigenvalue weighted by Crippen LogP contribution is -2.46. The number of aryl methyl sites for hydroxylation is 1. The van der Waals surface area contributed by atoms with Gasteiger partial charge in [0.1, 0.15) is 12.4 Å². The summed E-state index contributed by atoms with van der Waals surface area (Å²) in [6.07, 6.45) is 1.29. The summed E-state index contributed by atoms with van der Waals surface area (Å²) in [5, 5.41) is 25.1. The van der Waals surface area contributed by atoms with Crippen LogP contribution in [0.1, 0.15) is 12.2 Å². The van der Waals surface area contributed by atoms with Crippen molar-refractivity contribution < 1.29 is 19.8 Å². The number of hydrogen-bond donors (Lipinski definition) is 3. The maximum atomic E-state index is 11.9. The second-order valence-electron chi connectivity index (χ2n) is 4.71. The average Bonchev–Trinajstić information content (AvgIpc) is 2.95. The van der Waals surface area contributed by atoms with E-state index in [1.165, 1.54) is 0 Å². The standard InChI is InChI=1S/C11H17N5O4/c1-15-6-13-9(14-15)2-3-12-11(20)16-5-7(17)4-8(16)10(18)19/h6-8,17H,2-5H2,1H3,(H,12,20)(H,18,19)/t7-,8-/m1/s1. The number of aromatic nitrogens is 3. The number of amides is 2. The second kappa shape index (κ2) is 5.87. The summed E-state index contributed by atoms with van der Waals surface area (Å²) < 4.78 is 1.56. The molecule has 20 heavy (non-hydrogen) atoms. The number of aliphatic hydroxyl groups is 1.